The van der Waals surface area contributed by atoms with Crippen molar-refractivity contribution in [3.05, 3.63) is 71.3 Å². The quantitative estimate of drug-likeness (QED) is 0.660. The van der Waals surface area contributed by atoms with Gasteiger partial charge in [-0.1, -0.05) is 42.5 Å². The Kier molecular flexibility index (Phi) is 3.96. The van der Waals surface area contributed by atoms with E-state index in [4.69, 9.17) is 5.11 Å². The third kappa shape index (κ3) is 3.11. The van der Waals surface area contributed by atoms with Gasteiger partial charge in [0.15, 0.2) is 0 Å². The summed E-state index contributed by atoms with van der Waals surface area (Å²) in [5.41, 5.74) is 1.48. The summed E-state index contributed by atoms with van der Waals surface area (Å²) < 4.78 is 0. The van der Waals surface area contributed by atoms with Gasteiger partial charge in [0, 0.05) is 0 Å². The fourth-order valence-electron chi connectivity index (χ4n) is 1.78. The summed E-state index contributed by atoms with van der Waals surface area (Å²) in [6, 6.07) is 14.8. The van der Waals surface area contributed by atoms with Crippen molar-refractivity contribution in [1.29, 1.82) is 0 Å². The van der Waals surface area contributed by atoms with Crippen molar-refractivity contribution in [3.8, 4) is 0 Å². The highest BCUT2D eigenvalue weighted by Crippen LogP contribution is 2.19. The van der Waals surface area contributed by atoms with E-state index in [2.05, 4.69) is 0 Å². The summed E-state index contributed by atoms with van der Waals surface area (Å²) in [6.07, 6.45) is 1.55. The van der Waals surface area contributed by atoms with Gasteiger partial charge in [-0.15, -0.1) is 0 Å². The van der Waals surface area contributed by atoms with Crippen LogP contribution in [-0.2, 0) is 4.79 Å². The van der Waals surface area contributed by atoms with Crippen LogP contribution in [-0.4, -0.2) is 22.2 Å². The first-order valence-electron chi connectivity index (χ1n) is 5.91. The molecule has 4 heteroatoms. The van der Waals surface area contributed by atoms with Gasteiger partial charge in [-0.2, -0.15) is 0 Å². The second-order valence-electron chi connectivity index (χ2n) is 4.16. The molecule has 2 rings (SSSR count). The number of carboxylic acids is 2. The van der Waals surface area contributed by atoms with Crippen LogP contribution in [0, 0.1) is 0 Å². The van der Waals surface area contributed by atoms with Crippen LogP contribution in [0.5, 0.6) is 0 Å². The number of carboxylic acid groups (broad SMARTS) is 2. The van der Waals surface area contributed by atoms with Gasteiger partial charge < -0.3 is 10.2 Å². The van der Waals surface area contributed by atoms with Crippen LogP contribution in [0.2, 0.25) is 0 Å². The predicted octanol–water partition coefficient (Wildman–Crippen LogP) is 3.01. The van der Waals surface area contributed by atoms with Crippen LogP contribution >= 0.6 is 0 Å². The van der Waals surface area contributed by atoms with E-state index in [0.29, 0.717) is 5.56 Å². The summed E-state index contributed by atoms with van der Waals surface area (Å²) in [6.45, 7) is 0. The minimum atomic E-state index is -1.06. The molecule has 2 aromatic carbocycles. The first-order valence-corrected chi connectivity index (χ1v) is 5.91. The van der Waals surface area contributed by atoms with Crippen molar-refractivity contribution in [3.63, 3.8) is 0 Å². The first kappa shape index (κ1) is 13.5. The molecule has 0 spiro atoms. The maximum absolute atomic E-state index is 11.3. The fourth-order valence-corrected chi connectivity index (χ4v) is 1.78. The molecule has 4 nitrogen and oxygen atoms in total. The number of aromatic carboxylic acids is 1. The lowest BCUT2D eigenvalue weighted by atomic mass is 10.0. The Bertz CT molecular complexity index is 655. The third-order valence-electron chi connectivity index (χ3n) is 2.78. The summed E-state index contributed by atoms with van der Waals surface area (Å²) >= 11 is 0. The molecule has 20 heavy (non-hydrogen) atoms. The molecule has 2 N–H and O–H groups in total. The Morgan fingerprint density at radius 3 is 1.85 bits per heavy atom. The van der Waals surface area contributed by atoms with E-state index in [-0.39, 0.29) is 11.1 Å². The van der Waals surface area contributed by atoms with Crippen LogP contribution in [0.3, 0.4) is 0 Å². The Morgan fingerprint density at radius 1 is 0.800 bits per heavy atom. The molecule has 2 aromatic rings. The van der Waals surface area contributed by atoms with Gasteiger partial charge in [0.05, 0.1) is 11.1 Å². The molecule has 0 amide bonds. The number of hydrogen-bond acceptors (Lipinski definition) is 2. The van der Waals surface area contributed by atoms with E-state index in [0.717, 1.165) is 5.56 Å². The van der Waals surface area contributed by atoms with E-state index in [1.54, 1.807) is 18.2 Å². The highest BCUT2D eigenvalue weighted by Gasteiger charge is 2.11. The minimum Gasteiger partial charge on any atom is -0.478 e. The fraction of sp³-hybridized carbons (Fsp3) is 0. The Labute approximate surface area is 115 Å². The zero-order valence-corrected chi connectivity index (χ0v) is 10.5. The van der Waals surface area contributed by atoms with E-state index in [9.17, 15) is 14.7 Å². The van der Waals surface area contributed by atoms with Crippen molar-refractivity contribution >= 4 is 23.6 Å². The smallest absolute Gasteiger partial charge is 0.336 e. The summed E-state index contributed by atoms with van der Waals surface area (Å²) in [4.78, 5) is 22.1. The van der Waals surface area contributed by atoms with E-state index >= 15 is 0 Å². The second-order valence-corrected chi connectivity index (χ2v) is 4.16. The Morgan fingerprint density at radius 2 is 1.35 bits per heavy atom. The number of benzene rings is 2. The van der Waals surface area contributed by atoms with Gasteiger partial charge in [-0.05, 0) is 29.3 Å². The van der Waals surface area contributed by atoms with Crippen molar-refractivity contribution in [2.45, 2.75) is 0 Å². The highest BCUT2D eigenvalue weighted by molar-refractivity contribution is 6.20. The standard InChI is InChI=1S/C16H12O4/c17-15(18)13-8-6-12(7-9-13)14(16(19)20)10-11-4-2-1-3-5-11/h1-10H,(H,17,18)(H,19,20)/b14-10-. The number of carbonyl (C=O) groups is 2. The minimum absolute atomic E-state index is 0.119. The van der Waals surface area contributed by atoms with Crippen molar-refractivity contribution < 1.29 is 19.8 Å². The monoisotopic (exact) mass is 268 g/mol. The molecule has 0 atom stereocenters. The van der Waals surface area contributed by atoms with E-state index in [1.807, 2.05) is 18.2 Å². The second kappa shape index (κ2) is 5.84. The molecule has 0 bridgehead atoms. The van der Waals surface area contributed by atoms with Crippen molar-refractivity contribution in [2.75, 3.05) is 0 Å². The SMILES string of the molecule is O=C(O)/C(=C\c1ccccc1)c1ccc(C(=O)O)cc1. The van der Waals surface area contributed by atoms with E-state index < -0.39 is 11.9 Å². The molecular formula is C16H12O4. The largest absolute Gasteiger partial charge is 0.478 e. The highest BCUT2D eigenvalue weighted by atomic mass is 16.4. The number of rotatable bonds is 4. The molecule has 0 unspecified atom stereocenters. The normalized spacial score (nSPS) is 11.1. The lowest BCUT2D eigenvalue weighted by Gasteiger charge is -2.04. The van der Waals surface area contributed by atoms with Gasteiger partial charge in [-0.3, -0.25) is 0 Å². The Balaban J connectivity index is 2.41. The first-order chi connectivity index (χ1) is 9.58. The lowest BCUT2D eigenvalue weighted by Crippen LogP contribution is -2.01. The predicted molar refractivity (Wildman–Crippen MR) is 75.4 cm³/mol. The average Bonchev–Trinajstić information content (AvgIpc) is 2.45. The van der Waals surface area contributed by atoms with Crippen LogP contribution in [0.4, 0.5) is 0 Å². The van der Waals surface area contributed by atoms with Gasteiger partial charge >= 0.3 is 11.9 Å². The molecule has 0 aromatic heterocycles. The van der Waals surface area contributed by atoms with Crippen LogP contribution in [0.1, 0.15) is 21.5 Å². The molecule has 0 saturated heterocycles. The molecule has 100 valence electrons. The van der Waals surface area contributed by atoms with E-state index in [1.165, 1.54) is 24.3 Å². The zero-order chi connectivity index (χ0) is 14.5. The van der Waals surface area contributed by atoms with Crippen LogP contribution in [0.15, 0.2) is 54.6 Å². The molecule has 0 fully saturated rings. The van der Waals surface area contributed by atoms with Gasteiger partial charge in [0.2, 0.25) is 0 Å². The molecule has 0 aliphatic carbocycles. The maximum Gasteiger partial charge on any atom is 0.336 e. The summed E-state index contributed by atoms with van der Waals surface area (Å²) in [5.74, 6) is -2.10. The lowest BCUT2D eigenvalue weighted by molar-refractivity contribution is -0.130. The van der Waals surface area contributed by atoms with Gasteiger partial charge in [0.25, 0.3) is 0 Å². The van der Waals surface area contributed by atoms with Crippen molar-refractivity contribution in [2.24, 2.45) is 0 Å². The van der Waals surface area contributed by atoms with Crippen LogP contribution < -0.4 is 0 Å². The maximum atomic E-state index is 11.3. The average molecular weight is 268 g/mol. The molecule has 0 aliphatic rings. The molecule has 0 radical (unpaired) electrons. The number of aliphatic carboxylic acids is 1. The van der Waals surface area contributed by atoms with Gasteiger partial charge in [-0.25, -0.2) is 9.59 Å². The van der Waals surface area contributed by atoms with Crippen molar-refractivity contribution in [1.82, 2.24) is 0 Å². The summed E-state index contributed by atoms with van der Waals surface area (Å²) in [5, 5.41) is 18.1. The number of hydrogen-bond donors (Lipinski definition) is 2. The Hall–Kier alpha value is -2.88. The molecule has 0 heterocycles. The topological polar surface area (TPSA) is 74.6 Å². The van der Waals surface area contributed by atoms with Crippen LogP contribution in [0.25, 0.3) is 11.6 Å². The molecule has 0 aliphatic heterocycles. The molecular weight excluding hydrogens is 256 g/mol. The van der Waals surface area contributed by atoms with Gasteiger partial charge in [0.1, 0.15) is 0 Å². The zero-order valence-electron chi connectivity index (χ0n) is 10.5. The third-order valence-corrected chi connectivity index (χ3v) is 2.78. The summed E-state index contributed by atoms with van der Waals surface area (Å²) in [7, 11) is 0. The molecule has 0 saturated carbocycles.